The van der Waals surface area contributed by atoms with Crippen LogP contribution in [-0.2, 0) is 13.2 Å². The number of methoxy groups -OCH3 is 1. The Morgan fingerprint density at radius 1 is 1.00 bits per heavy atom. The second-order valence-electron chi connectivity index (χ2n) is 7.08. The van der Waals surface area contributed by atoms with Crippen molar-refractivity contribution in [1.29, 1.82) is 0 Å². The van der Waals surface area contributed by atoms with Gasteiger partial charge in [-0.3, -0.25) is 9.48 Å². The Morgan fingerprint density at radius 2 is 1.78 bits per heavy atom. The Kier molecular flexibility index (Phi) is 6.72. The lowest BCUT2D eigenvalue weighted by atomic mass is 10.1. The van der Waals surface area contributed by atoms with Crippen molar-refractivity contribution in [2.24, 2.45) is 0 Å². The predicted molar refractivity (Wildman–Crippen MR) is 125 cm³/mol. The van der Waals surface area contributed by atoms with Gasteiger partial charge in [0.25, 0.3) is 5.91 Å². The van der Waals surface area contributed by atoms with Gasteiger partial charge in [0, 0.05) is 22.8 Å². The van der Waals surface area contributed by atoms with E-state index < -0.39 is 0 Å². The highest BCUT2D eigenvalue weighted by molar-refractivity contribution is 6.31. The molecule has 0 unspecified atom stereocenters. The largest absolute Gasteiger partial charge is 0.493 e. The van der Waals surface area contributed by atoms with Crippen LogP contribution >= 0.6 is 11.6 Å². The summed E-state index contributed by atoms with van der Waals surface area (Å²) in [5.41, 5.74) is 2.34. The summed E-state index contributed by atoms with van der Waals surface area (Å²) < 4.78 is 12.9. The number of nitrogens with zero attached hydrogens (tertiary/aromatic N) is 2. The molecule has 0 aliphatic rings. The lowest BCUT2D eigenvalue weighted by Crippen LogP contribution is -2.13. The maximum absolute atomic E-state index is 12.7. The van der Waals surface area contributed by atoms with Gasteiger partial charge in [-0.15, -0.1) is 0 Å². The first-order chi connectivity index (χ1) is 15.6. The van der Waals surface area contributed by atoms with Crippen molar-refractivity contribution in [1.82, 2.24) is 9.78 Å². The van der Waals surface area contributed by atoms with Gasteiger partial charge in [-0.25, -0.2) is 0 Å². The molecule has 0 saturated heterocycles. The Balaban J connectivity index is 1.39. The van der Waals surface area contributed by atoms with E-state index in [2.05, 4.69) is 10.4 Å². The number of anilines is 1. The maximum Gasteiger partial charge on any atom is 0.256 e. The molecule has 0 fully saturated rings. The topological polar surface area (TPSA) is 65.4 Å². The zero-order valence-electron chi connectivity index (χ0n) is 17.5. The molecule has 0 radical (unpaired) electrons. The van der Waals surface area contributed by atoms with Crippen LogP contribution in [0.2, 0.25) is 5.02 Å². The molecular formula is C25H22ClN3O3. The lowest BCUT2D eigenvalue weighted by molar-refractivity contribution is 0.102. The van der Waals surface area contributed by atoms with Crippen LogP contribution in [0.4, 0.5) is 5.82 Å². The molecule has 0 bridgehead atoms. The van der Waals surface area contributed by atoms with Crippen molar-refractivity contribution in [2.45, 2.75) is 13.2 Å². The van der Waals surface area contributed by atoms with Crippen LogP contribution in [0.25, 0.3) is 0 Å². The summed E-state index contributed by atoms with van der Waals surface area (Å²) in [5.74, 6) is 1.53. The van der Waals surface area contributed by atoms with Gasteiger partial charge in [0.2, 0.25) is 0 Å². The fraction of sp³-hybridized carbons (Fsp3) is 0.120. The maximum atomic E-state index is 12.7. The van der Waals surface area contributed by atoms with Gasteiger partial charge in [0.05, 0.1) is 13.7 Å². The summed E-state index contributed by atoms with van der Waals surface area (Å²) in [6.07, 6.45) is 1.80. The molecule has 7 heteroatoms. The second-order valence-corrected chi connectivity index (χ2v) is 7.49. The number of ether oxygens (including phenoxy) is 2. The predicted octanol–water partition coefficient (Wildman–Crippen LogP) is 5.42. The molecule has 32 heavy (non-hydrogen) atoms. The van der Waals surface area contributed by atoms with Crippen LogP contribution in [0, 0.1) is 0 Å². The third kappa shape index (κ3) is 5.28. The summed E-state index contributed by atoms with van der Waals surface area (Å²) in [6, 6.07) is 24.1. The van der Waals surface area contributed by atoms with E-state index in [4.69, 9.17) is 21.1 Å². The molecule has 0 atom stereocenters. The summed E-state index contributed by atoms with van der Waals surface area (Å²) in [5, 5.41) is 7.93. The van der Waals surface area contributed by atoms with E-state index in [1.807, 2.05) is 60.7 Å². The standard InChI is InChI=1S/C25H22ClN3O3/c1-31-22-11-4-5-12-23(22)32-17-18-7-6-9-19(15-18)25(30)27-24-13-14-29(28-24)16-20-8-2-3-10-21(20)26/h2-15H,16-17H2,1H3,(H,27,28,30). The van der Waals surface area contributed by atoms with Crippen molar-refractivity contribution in [3.8, 4) is 11.5 Å². The molecule has 4 rings (SSSR count). The van der Waals surface area contributed by atoms with Crippen LogP contribution in [0.3, 0.4) is 0 Å². The lowest BCUT2D eigenvalue weighted by Gasteiger charge is -2.11. The van der Waals surface area contributed by atoms with Gasteiger partial charge in [-0.2, -0.15) is 5.10 Å². The second kappa shape index (κ2) is 10.0. The van der Waals surface area contributed by atoms with E-state index in [1.54, 1.807) is 36.2 Å². The average molecular weight is 448 g/mol. The smallest absolute Gasteiger partial charge is 0.256 e. The van der Waals surface area contributed by atoms with E-state index >= 15 is 0 Å². The van der Waals surface area contributed by atoms with Crippen LogP contribution in [0.15, 0.2) is 85.1 Å². The summed E-state index contributed by atoms with van der Waals surface area (Å²) >= 11 is 6.21. The fourth-order valence-corrected chi connectivity index (χ4v) is 3.40. The zero-order valence-corrected chi connectivity index (χ0v) is 18.3. The van der Waals surface area contributed by atoms with Gasteiger partial charge >= 0.3 is 0 Å². The molecule has 3 aromatic carbocycles. The SMILES string of the molecule is COc1ccccc1OCc1cccc(C(=O)Nc2ccn(Cc3ccccc3Cl)n2)c1. The third-order valence-corrected chi connectivity index (χ3v) is 5.19. The number of hydrogen-bond acceptors (Lipinski definition) is 4. The number of benzene rings is 3. The van der Waals surface area contributed by atoms with E-state index in [-0.39, 0.29) is 5.91 Å². The number of carbonyl (C=O) groups is 1. The quantitative estimate of drug-likeness (QED) is 0.391. The molecular weight excluding hydrogens is 426 g/mol. The van der Waals surface area contributed by atoms with Gasteiger partial charge in [-0.05, 0) is 41.5 Å². The van der Waals surface area contributed by atoms with Crippen LogP contribution in [0.1, 0.15) is 21.5 Å². The zero-order chi connectivity index (χ0) is 22.3. The number of nitrogens with one attached hydrogen (secondary N) is 1. The average Bonchev–Trinajstić information content (AvgIpc) is 3.26. The Labute approximate surface area is 191 Å². The van der Waals surface area contributed by atoms with Crippen LogP contribution < -0.4 is 14.8 Å². The molecule has 0 aliphatic heterocycles. The molecule has 6 nitrogen and oxygen atoms in total. The highest BCUT2D eigenvalue weighted by Gasteiger charge is 2.10. The van der Waals surface area contributed by atoms with E-state index in [9.17, 15) is 4.79 Å². The molecule has 1 N–H and O–H groups in total. The van der Waals surface area contributed by atoms with Gasteiger partial charge in [-0.1, -0.05) is 54.1 Å². The summed E-state index contributed by atoms with van der Waals surface area (Å²) in [4.78, 5) is 12.7. The van der Waals surface area contributed by atoms with Gasteiger partial charge in [0.1, 0.15) is 6.61 Å². The highest BCUT2D eigenvalue weighted by atomic mass is 35.5. The molecule has 1 heterocycles. The molecule has 162 valence electrons. The first-order valence-corrected chi connectivity index (χ1v) is 10.4. The first kappa shape index (κ1) is 21.5. The Bertz CT molecular complexity index is 1220. The number of para-hydroxylation sites is 2. The van der Waals surface area contributed by atoms with Crippen molar-refractivity contribution in [3.63, 3.8) is 0 Å². The molecule has 4 aromatic rings. The number of aromatic nitrogens is 2. The molecule has 1 aromatic heterocycles. The normalized spacial score (nSPS) is 10.6. The summed E-state index contributed by atoms with van der Waals surface area (Å²) in [6.45, 7) is 0.833. The third-order valence-electron chi connectivity index (χ3n) is 4.83. The Hall–Kier alpha value is -3.77. The first-order valence-electron chi connectivity index (χ1n) is 10.1. The fourth-order valence-electron chi connectivity index (χ4n) is 3.21. The number of amides is 1. The van der Waals surface area contributed by atoms with Gasteiger partial charge in [0.15, 0.2) is 17.3 Å². The highest BCUT2D eigenvalue weighted by Crippen LogP contribution is 2.26. The van der Waals surface area contributed by atoms with Crippen molar-refractivity contribution < 1.29 is 14.3 Å². The minimum Gasteiger partial charge on any atom is -0.493 e. The number of rotatable bonds is 8. The minimum atomic E-state index is -0.243. The molecule has 1 amide bonds. The molecule has 0 saturated carbocycles. The minimum absolute atomic E-state index is 0.243. The van der Waals surface area contributed by atoms with Crippen molar-refractivity contribution in [3.05, 3.63) is 107 Å². The van der Waals surface area contributed by atoms with Crippen LogP contribution in [0.5, 0.6) is 11.5 Å². The van der Waals surface area contributed by atoms with Crippen LogP contribution in [-0.4, -0.2) is 22.8 Å². The molecule has 0 spiro atoms. The molecule has 0 aliphatic carbocycles. The van der Waals surface area contributed by atoms with E-state index in [1.165, 1.54) is 0 Å². The van der Waals surface area contributed by atoms with Crippen molar-refractivity contribution in [2.75, 3.05) is 12.4 Å². The number of hydrogen-bond donors (Lipinski definition) is 1. The van der Waals surface area contributed by atoms with E-state index in [0.717, 1.165) is 11.1 Å². The number of carbonyl (C=O) groups excluding carboxylic acids is 1. The number of halogens is 1. The summed E-state index contributed by atoms with van der Waals surface area (Å²) in [7, 11) is 1.60. The van der Waals surface area contributed by atoms with E-state index in [0.29, 0.717) is 41.1 Å². The van der Waals surface area contributed by atoms with Gasteiger partial charge < -0.3 is 14.8 Å². The van der Waals surface area contributed by atoms with Crippen molar-refractivity contribution >= 4 is 23.3 Å². The Morgan fingerprint density at radius 3 is 2.59 bits per heavy atom. The monoisotopic (exact) mass is 447 g/mol.